The molecule has 0 bridgehead atoms. The number of piperidine rings is 1. The van der Waals surface area contributed by atoms with Crippen molar-refractivity contribution >= 4 is 17.8 Å². The van der Waals surface area contributed by atoms with Gasteiger partial charge in [0.25, 0.3) is 0 Å². The monoisotopic (exact) mass is 268 g/mol. The molecule has 2 fully saturated rings. The van der Waals surface area contributed by atoms with Gasteiger partial charge in [-0.2, -0.15) is 0 Å². The maximum atomic E-state index is 12.2. The minimum Gasteiger partial charge on any atom is -0.481 e. The van der Waals surface area contributed by atoms with Gasteiger partial charge in [-0.1, -0.05) is 0 Å². The van der Waals surface area contributed by atoms with Gasteiger partial charge in [0.05, 0.1) is 0 Å². The van der Waals surface area contributed by atoms with E-state index in [1.165, 1.54) is 0 Å². The van der Waals surface area contributed by atoms with Gasteiger partial charge in [0.1, 0.15) is 6.04 Å². The summed E-state index contributed by atoms with van der Waals surface area (Å²) < 4.78 is 0. The van der Waals surface area contributed by atoms with Crippen LogP contribution in [0.4, 0.5) is 0 Å². The molecule has 2 amide bonds. The largest absolute Gasteiger partial charge is 0.481 e. The van der Waals surface area contributed by atoms with Crippen molar-refractivity contribution in [2.75, 3.05) is 13.1 Å². The highest BCUT2D eigenvalue weighted by Crippen LogP contribution is 2.22. The molecule has 19 heavy (non-hydrogen) atoms. The van der Waals surface area contributed by atoms with Crippen molar-refractivity contribution < 1.29 is 19.5 Å². The highest BCUT2D eigenvalue weighted by molar-refractivity contribution is 5.90. The SMILES string of the molecule is O=C(O)CCC1CCCN(C(=O)[C@H]2CCC(=O)N2)C1. The first-order valence-electron chi connectivity index (χ1n) is 6.86. The number of aliphatic carboxylic acids is 1. The van der Waals surface area contributed by atoms with Gasteiger partial charge >= 0.3 is 5.97 Å². The van der Waals surface area contributed by atoms with Crippen LogP contribution >= 0.6 is 0 Å². The Morgan fingerprint density at radius 3 is 2.79 bits per heavy atom. The van der Waals surface area contributed by atoms with Crippen molar-refractivity contribution in [3.8, 4) is 0 Å². The average molecular weight is 268 g/mol. The van der Waals surface area contributed by atoms with Gasteiger partial charge in [0, 0.05) is 25.9 Å². The number of carboxylic acid groups (broad SMARTS) is 1. The summed E-state index contributed by atoms with van der Waals surface area (Å²) in [7, 11) is 0. The number of amides is 2. The molecule has 2 atom stereocenters. The van der Waals surface area contributed by atoms with Crippen LogP contribution in [0, 0.1) is 5.92 Å². The third-order valence-electron chi connectivity index (χ3n) is 3.89. The van der Waals surface area contributed by atoms with Crippen molar-refractivity contribution in [1.29, 1.82) is 0 Å². The molecule has 0 aliphatic carbocycles. The zero-order valence-corrected chi connectivity index (χ0v) is 10.9. The third-order valence-corrected chi connectivity index (χ3v) is 3.89. The fraction of sp³-hybridized carbons (Fsp3) is 0.769. The lowest BCUT2D eigenvalue weighted by molar-refractivity contribution is -0.137. The zero-order valence-electron chi connectivity index (χ0n) is 10.9. The molecule has 0 radical (unpaired) electrons. The summed E-state index contributed by atoms with van der Waals surface area (Å²) in [5, 5.41) is 11.4. The summed E-state index contributed by atoms with van der Waals surface area (Å²) >= 11 is 0. The Balaban J connectivity index is 1.84. The van der Waals surface area contributed by atoms with Gasteiger partial charge in [-0.15, -0.1) is 0 Å². The first-order valence-corrected chi connectivity index (χ1v) is 6.86. The summed E-state index contributed by atoms with van der Waals surface area (Å²) in [5.41, 5.74) is 0. The number of nitrogens with one attached hydrogen (secondary N) is 1. The highest BCUT2D eigenvalue weighted by atomic mass is 16.4. The number of carbonyl (C=O) groups excluding carboxylic acids is 2. The van der Waals surface area contributed by atoms with E-state index in [0.29, 0.717) is 25.8 Å². The van der Waals surface area contributed by atoms with Crippen molar-refractivity contribution in [1.82, 2.24) is 10.2 Å². The van der Waals surface area contributed by atoms with Gasteiger partial charge in [-0.25, -0.2) is 0 Å². The molecule has 1 unspecified atom stereocenters. The number of carboxylic acids is 1. The normalized spacial score (nSPS) is 27.2. The molecule has 2 aliphatic heterocycles. The van der Waals surface area contributed by atoms with Crippen molar-refractivity contribution in [3.05, 3.63) is 0 Å². The standard InChI is InChI=1S/C13H20N2O4/c16-11-5-4-10(14-11)13(19)15-7-1-2-9(8-15)3-6-12(17)18/h9-10H,1-8H2,(H,14,16)(H,17,18)/t9?,10-/m1/s1. The maximum Gasteiger partial charge on any atom is 0.303 e. The van der Waals surface area contributed by atoms with E-state index in [1.807, 2.05) is 0 Å². The molecule has 0 aromatic heterocycles. The predicted octanol–water partition coefficient (Wildman–Crippen LogP) is 0.368. The van der Waals surface area contributed by atoms with E-state index >= 15 is 0 Å². The second-order valence-corrected chi connectivity index (χ2v) is 5.38. The molecule has 0 aromatic rings. The molecule has 2 heterocycles. The van der Waals surface area contributed by atoms with Crippen molar-refractivity contribution in [2.45, 2.75) is 44.6 Å². The Labute approximate surface area is 112 Å². The minimum absolute atomic E-state index is 0.00845. The molecule has 0 spiro atoms. The van der Waals surface area contributed by atoms with Crippen molar-refractivity contribution in [2.24, 2.45) is 5.92 Å². The Morgan fingerprint density at radius 1 is 1.37 bits per heavy atom. The molecule has 0 saturated carbocycles. The van der Waals surface area contributed by atoms with E-state index in [1.54, 1.807) is 4.90 Å². The number of rotatable bonds is 4. The summed E-state index contributed by atoms with van der Waals surface area (Å²) in [5.74, 6) is -0.582. The van der Waals surface area contributed by atoms with Crippen LogP contribution in [-0.4, -0.2) is 46.9 Å². The van der Waals surface area contributed by atoms with Gasteiger partial charge in [-0.3, -0.25) is 14.4 Å². The van der Waals surface area contributed by atoms with E-state index in [9.17, 15) is 14.4 Å². The van der Waals surface area contributed by atoms with E-state index in [-0.39, 0.29) is 30.2 Å². The van der Waals surface area contributed by atoms with Gasteiger partial charge in [0.2, 0.25) is 11.8 Å². The molecule has 2 saturated heterocycles. The Bertz CT molecular complexity index is 383. The number of carbonyl (C=O) groups is 3. The second-order valence-electron chi connectivity index (χ2n) is 5.38. The number of hydrogen-bond acceptors (Lipinski definition) is 3. The quantitative estimate of drug-likeness (QED) is 0.771. The van der Waals surface area contributed by atoms with Crippen LogP contribution in [0.1, 0.15) is 38.5 Å². The lowest BCUT2D eigenvalue weighted by atomic mass is 9.93. The van der Waals surface area contributed by atoms with Crippen LogP contribution in [0.25, 0.3) is 0 Å². The highest BCUT2D eigenvalue weighted by Gasteiger charge is 2.33. The second kappa shape index (κ2) is 6.04. The van der Waals surface area contributed by atoms with Gasteiger partial charge < -0.3 is 15.3 Å². The topological polar surface area (TPSA) is 86.7 Å². The van der Waals surface area contributed by atoms with Crippen LogP contribution in [-0.2, 0) is 14.4 Å². The van der Waals surface area contributed by atoms with E-state index < -0.39 is 5.97 Å². The first kappa shape index (κ1) is 13.8. The predicted molar refractivity (Wildman–Crippen MR) is 67.3 cm³/mol. The van der Waals surface area contributed by atoms with Crippen LogP contribution < -0.4 is 5.32 Å². The van der Waals surface area contributed by atoms with E-state index in [0.717, 1.165) is 19.4 Å². The molecule has 2 N–H and O–H groups in total. The van der Waals surface area contributed by atoms with Crippen LogP contribution in [0.3, 0.4) is 0 Å². The number of likely N-dealkylation sites (tertiary alicyclic amines) is 1. The fourth-order valence-electron chi connectivity index (χ4n) is 2.85. The zero-order chi connectivity index (χ0) is 13.8. The van der Waals surface area contributed by atoms with E-state index in [4.69, 9.17) is 5.11 Å². The third kappa shape index (κ3) is 3.68. The molecular weight excluding hydrogens is 248 g/mol. The number of hydrogen-bond donors (Lipinski definition) is 2. The summed E-state index contributed by atoms with van der Waals surface area (Å²) in [4.78, 5) is 35.7. The van der Waals surface area contributed by atoms with Crippen LogP contribution in [0.5, 0.6) is 0 Å². The maximum absolute atomic E-state index is 12.2. The molecular formula is C13H20N2O4. The van der Waals surface area contributed by atoms with Gasteiger partial charge in [-0.05, 0) is 31.6 Å². The molecule has 2 rings (SSSR count). The van der Waals surface area contributed by atoms with Crippen LogP contribution in [0.15, 0.2) is 0 Å². The average Bonchev–Trinajstić information content (AvgIpc) is 2.82. The summed E-state index contributed by atoms with van der Waals surface area (Å²) in [6, 6.07) is -0.370. The van der Waals surface area contributed by atoms with E-state index in [2.05, 4.69) is 5.32 Å². The minimum atomic E-state index is -0.786. The lowest BCUT2D eigenvalue weighted by Gasteiger charge is -2.34. The molecule has 6 nitrogen and oxygen atoms in total. The van der Waals surface area contributed by atoms with Crippen LogP contribution in [0.2, 0.25) is 0 Å². The Kier molecular flexibility index (Phi) is 4.39. The summed E-state index contributed by atoms with van der Waals surface area (Å²) in [6.45, 7) is 1.34. The molecule has 2 aliphatic rings. The first-order chi connectivity index (χ1) is 9.06. The molecule has 6 heteroatoms. The van der Waals surface area contributed by atoms with Crippen molar-refractivity contribution in [3.63, 3.8) is 0 Å². The fourth-order valence-corrected chi connectivity index (χ4v) is 2.85. The Morgan fingerprint density at radius 2 is 2.16 bits per heavy atom. The smallest absolute Gasteiger partial charge is 0.303 e. The molecule has 0 aromatic carbocycles. The lowest BCUT2D eigenvalue weighted by Crippen LogP contribution is -2.48. The number of nitrogens with zero attached hydrogens (tertiary/aromatic N) is 1. The summed E-state index contributed by atoms with van der Waals surface area (Å²) in [6.07, 6.45) is 3.68. The Hall–Kier alpha value is -1.59. The van der Waals surface area contributed by atoms with Gasteiger partial charge in [0.15, 0.2) is 0 Å². The molecule has 106 valence electrons.